The normalized spacial score (nSPS) is 10.4. The number of nitrogens with zero attached hydrogens (tertiary/aromatic N) is 1. The van der Waals surface area contributed by atoms with Gasteiger partial charge in [0.15, 0.2) is 3.77 Å². The fourth-order valence-electron chi connectivity index (χ4n) is 1.84. The van der Waals surface area contributed by atoms with Crippen molar-refractivity contribution in [1.82, 2.24) is 0 Å². The lowest BCUT2D eigenvalue weighted by Gasteiger charge is -2.17. The van der Waals surface area contributed by atoms with E-state index >= 15 is 0 Å². The van der Waals surface area contributed by atoms with Crippen LogP contribution >= 0.6 is 22.6 Å². The third-order valence-corrected chi connectivity index (χ3v) is 3.37. The van der Waals surface area contributed by atoms with Gasteiger partial charge in [-0.2, -0.15) is 0 Å². The number of benzene rings is 1. The van der Waals surface area contributed by atoms with Crippen LogP contribution in [0.25, 0.3) is 0 Å². The fraction of sp³-hybridized carbons (Fsp3) is 0.286. The van der Waals surface area contributed by atoms with Crippen LogP contribution in [0.5, 0.6) is 0 Å². The number of rotatable bonds is 4. The molecule has 1 aromatic heterocycles. The zero-order chi connectivity index (χ0) is 13.1. The summed E-state index contributed by atoms with van der Waals surface area (Å²) < 4.78 is 6.44. The van der Waals surface area contributed by atoms with Gasteiger partial charge in [-0.1, -0.05) is 6.07 Å². The van der Waals surface area contributed by atoms with Crippen molar-refractivity contribution in [2.24, 2.45) is 0 Å². The van der Waals surface area contributed by atoms with Gasteiger partial charge < -0.3 is 14.6 Å². The Hall–Kier alpha value is -1.17. The summed E-state index contributed by atoms with van der Waals surface area (Å²) in [6.07, 6.45) is 0. The Morgan fingerprint density at radius 2 is 2.00 bits per heavy atom. The highest BCUT2D eigenvalue weighted by atomic mass is 127. The molecular formula is C14H17IN2O. The first kappa shape index (κ1) is 13.3. The Morgan fingerprint density at radius 3 is 2.61 bits per heavy atom. The third kappa shape index (κ3) is 3.19. The van der Waals surface area contributed by atoms with E-state index in [1.54, 1.807) is 0 Å². The number of anilines is 2. The minimum absolute atomic E-state index is 0.707. The average Bonchev–Trinajstić information content (AvgIpc) is 2.74. The summed E-state index contributed by atoms with van der Waals surface area (Å²) in [7, 11) is 4.11. The molecule has 3 nitrogen and oxygen atoms in total. The topological polar surface area (TPSA) is 28.4 Å². The number of halogens is 1. The first-order valence-corrected chi connectivity index (χ1v) is 6.90. The molecule has 0 atom stereocenters. The summed E-state index contributed by atoms with van der Waals surface area (Å²) in [5.41, 5.74) is 3.61. The van der Waals surface area contributed by atoms with Crippen LogP contribution in [-0.4, -0.2) is 14.1 Å². The maximum atomic E-state index is 5.52. The van der Waals surface area contributed by atoms with Crippen LogP contribution in [0.15, 0.2) is 34.7 Å². The van der Waals surface area contributed by atoms with E-state index in [9.17, 15) is 0 Å². The van der Waals surface area contributed by atoms with Crippen molar-refractivity contribution in [3.05, 3.63) is 45.4 Å². The Bertz CT molecular complexity index is 534. The van der Waals surface area contributed by atoms with Gasteiger partial charge in [-0.25, -0.2) is 0 Å². The SMILES string of the molecule is Cc1ccc(NCc2ccc(I)o2)cc1N(C)C. The zero-order valence-corrected chi connectivity index (χ0v) is 13.0. The lowest BCUT2D eigenvalue weighted by molar-refractivity contribution is 0.493. The van der Waals surface area contributed by atoms with E-state index in [2.05, 4.69) is 72.0 Å². The second-order valence-corrected chi connectivity index (χ2v) is 5.52. The fourth-order valence-corrected chi connectivity index (χ4v) is 2.30. The van der Waals surface area contributed by atoms with Crippen molar-refractivity contribution in [1.29, 1.82) is 0 Å². The minimum Gasteiger partial charge on any atom is -0.454 e. The summed E-state index contributed by atoms with van der Waals surface area (Å²) >= 11 is 2.17. The summed E-state index contributed by atoms with van der Waals surface area (Å²) in [5.74, 6) is 0.950. The zero-order valence-electron chi connectivity index (χ0n) is 10.8. The summed E-state index contributed by atoms with van der Waals surface area (Å²) in [6.45, 7) is 2.83. The highest BCUT2D eigenvalue weighted by Gasteiger charge is 2.03. The Labute approximate surface area is 121 Å². The molecule has 0 aliphatic carbocycles. The van der Waals surface area contributed by atoms with E-state index in [4.69, 9.17) is 4.42 Å². The molecule has 0 aliphatic heterocycles. The number of hydrogen-bond acceptors (Lipinski definition) is 3. The highest BCUT2D eigenvalue weighted by Crippen LogP contribution is 2.23. The predicted molar refractivity (Wildman–Crippen MR) is 84.3 cm³/mol. The molecular weight excluding hydrogens is 339 g/mol. The predicted octanol–water partition coefficient (Wildman–Crippen LogP) is 3.87. The molecule has 96 valence electrons. The van der Waals surface area contributed by atoms with Crippen LogP contribution < -0.4 is 10.2 Å². The minimum atomic E-state index is 0.707. The number of nitrogens with one attached hydrogen (secondary N) is 1. The summed E-state index contributed by atoms with van der Waals surface area (Å²) in [5, 5.41) is 3.37. The molecule has 18 heavy (non-hydrogen) atoms. The Morgan fingerprint density at radius 1 is 1.22 bits per heavy atom. The second-order valence-electron chi connectivity index (χ2n) is 4.46. The molecule has 2 aromatic rings. The summed E-state index contributed by atoms with van der Waals surface area (Å²) in [4.78, 5) is 2.12. The van der Waals surface area contributed by atoms with Gasteiger partial charge in [-0.15, -0.1) is 0 Å². The molecule has 0 saturated heterocycles. The largest absolute Gasteiger partial charge is 0.454 e. The lowest BCUT2D eigenvalue weighted by Crippen LogP contribution is -2.10. The number of aryl methyl sites for hydroxylation is 1. The molecule has 0 bridgehead atoms. The standard InChI is InChI=1S/C14H17IN2O/c1-10-4-5-11(8-13(10)17(2)3)16-9-12-6-7-14(15)18-12/h4-8,16H,9H2,1-3H3. The van der Waals surface area contributed by atoms with Crippen LogP contribution in [0, 0.1) is 10.7 Å². The Kier molecular flexibility index (Phi) is 4.16. The van der Waals surface area contributed by atoms with Crippen molar-refractivity contribution in [3.8, 4) is 0 Å². The molecule has 0 spiro atoms. The molecule has 2 rings (SSSR count). The van der Waals surface area contributed by atoms with Crippen molar-refractivity contribution in [3.63, 3.8) is 0 Å². The number of hydrogen-bond donors (Lipinski definition) is 1. The maximum absolute atomic E-state index is 5.52. The van der Waals surface area contributed by atoms with Gasteiger partial charge in [0.05, 0.1) is 6.54 Å². The van der Waals surface area contributed by atoms with Gasteiger partial charge in [-0.05, 0) is 59.3 Å². The van der Waals surface area contributed by atoms with Crippen LogP contribution in [0.3, 0.4) is 0 Å². The van der Waals surface area contributed by atoms with Gasteiger partial charge in [0.1, 0.15) is 5.76 Å². The molecule has 0 unspecified atom stereocenters. The Balaban J connectivity index is 2.08. The van der Waals surface area contributed by atoms with E-state index in [-0.39, 0.29) is 0 Å². The van der Waals surface area contributed by atoms with Crippen molar-refractivity contribution in [2.45, 2.75) is 13.5 Å². The van der Waals surface area contributed by atoms with E-state index in [1.807, 2.05) is 12.1 Å². The molecule has 0 saturated carbocycles. The summed E-state index contributed by atoms with van der Waals surface area (Å²) in [6, 6.07) is 10.3. The monoisotopic (exact) mass is 356 g/mol. The van der Waals surface area contributed by atoms with Gasteiger partial charge in [0.2, 0.25) is 0 Å². The van der Waals surface area contributed by atoms with Crippen molar-refractivity contribution >= 4 is 34.0 Å². The van der Waals surface area contributed by atoms with Crippen LogP contribution in [0.2, 0.25) is 0 Å². The van der Waals surface area contributed by atoms with Gasteiger partial charge in [0.25, 0.3) is 0 Å². The first-order valence-electron chi connectivity index (χ1n) is 5.82. The molecule has 4 heteroatoms. The van der Waals surface area contributed by atoms with Crippen LogP contribution in [0.4, 0.5) is 11.4 Å². The van der Waals surface area contributed by atoms with E-state index in [0.717, 1.165) is 15.2 Å². The molecule has 0 aliphatic rings. The molecule has 1 aromatic carbocycles. The van der Waals surface area contributed by atoms with E-state index in [0.29, 0.717) is 6.54 Å². The molecule has 0 amide bonds. The van der Waals surface area contributed by atoms with E-state index < -0.39 is 0 Å². The van der Waals surface area contributed by atoms with Gasteiger partial charge in [-0.3, -0.25) is 0 Å². The van der Waals surface area contributed by atoms with Crippen molar-refractivity contribution < 1.29 is 4.42 Å². The van der Waals surface area contributed by atoms with Crippen molar-refractivity contribution in [2.75, 3.05) is 24.3 Å². The maximum Gasteiger partial charge on any atom is 0.164 e. The van der Waals surface area contributed by atoms with Crippen LogP contribution in [0.1, 0.15) is 11.3 Å². The lowest BCUT2D eigenvalue weighted by atomic mass is 10.1. The van der Waals surface area contributed by atoms with Crippen LogP contribution in [-0.2, 0) is 6.54 Å². The van der Waals surface area contributed by atoms with Gasteiger partial charge >= 0.3 is 0 Å². The molecule has 1 N–H and O–H groups in total. The quantitative estimate of drug-likeness (QED) is 0.843. The smallest absolute Gasteiger partial charge is 0.164 e. The van der Waals surface area contributed by atoms with E-state index in [1.165, 1.54) is 11.3 Å². The molecule has 0 fully saturated rings. The molecule has 0 radical (unpaired) electrons. The average molecular weight is 356 g/mol. The highest BCUT2D eigenvalue weighted by molar-refractivity contribution is 14.1. The number of furan rings is 1. The molecule has 1 heterocycles. The van der Waals surface area contributed by atoms with Gasteiger partial charge in [0, 0.05) is 25.5 Å². The first-order chi connectivity index (χ1) is 8.56. The third-order valence-electron chi connectivity index (χ3n) is 2.79. The second kappa shape index (κ2) is 5.65.